The molecule has 6 nitrogen and oxygen atoms in total. The highest BCUT2D eigenvalue weighted by Crippen LogP contribution is 2.43. The summed E-state index contributed by atoms with van der Waals surface area (Å²) >= 11 is 0. The summed E-state index contributed by atoms with van der Waals surface area (Å²) in [7, 11) is 5.08. The van der Waals surface area contributed by atoms with E-state index < -0.39 is 17.4 Å². The van der Waals surface area contributed by atoms with Crippen LogP contribution in [0, 0.1) is 0 Å². The van der Waals surface area contributed by atoms with Crippen LogP contribution in [0.3, 0.4) is 0 Å². The predicted molar refractivity (Wildman–Crippen MR) is 120 cm³/mol. The minimum Gasteiger partial charge on any atom is -0.493 e. The van der Waals surface area contributed by atoms with E-state index in [2.05, 4.69) is 17.0 Å². The molecule has 182 valence electrons. The molecule has 2 heterocycles. The van der Waals surface area contributed by atoms with E-state index in [1.54, 1.807) is 20.1 Å². The van der Waals surface area contributed by atoms with Crippen LogP contribution < -0.4 is 15.0 Å². The fourth-order valence-electron chi connectivity index (χ4n) is 4.64. The van der Waals surface area contributed by atoms with Crippen molar-refractivity contribution >= 4 is 0 Å². The van der Waals surface area contributed by atoms with Gasteiger partial charge in [0, 0.05) is 25.3 Å². The van der Waals surface area contributed by atoms with Crippen LogP contribution in [-0.2, 0) is 29.5 Å². The molecular formula is C24H32F3N3O3. The summed E-state index contributed by atoms with van der Waals surface area (Å²) in [4.78, 5) is 7.17. The van der Waals surface area contributed by atoms with Gasteiger partial charge in [-0.25, -0.2) is 5.48 Å². The number of nitrogens with one attached hydrogen (secondary N) is 1. The molecule has 0 spiro atoms. The monoisotopic (exact) mass is 467 g/mol. The van der Waals surface area contributed by atoms with Gasteiger partial charge in [0.15, 0.2) is 11.5 Å². The number of hydrogen-bond donors (Lipinski definition) is 1. The van der Waals surface area contributed by atoms with Crippen molar-refractivity contribution in [1.29, 1.82) is 0 Å². The number of methoxy groups -OCH3 is 1. The maximum Gasteiger partial charge on any atom is 0.431 e. The lowest BCUT2D eigenvalue weighted by atomic mass is 9.82. The molecule has 0 saturated heterocycles. The quantitative estimate of drug-likeness (QED) is 0.311. The topological polar surface area (TPSA) is 47.9 Å². The Balaban J connectivity index is 1.94. The molecular weight excluding hydrogens is 435 g/mol. The van der Waals surface area contributed by atoms with Crippen molar-refractivity contribution in [2.75, 3.05) is 34.4 Å². The zero-order valence-corrected chi connectivity index (χ0v) is 19.6. The molecule has 0 saturated carbocycles. The largest absolute Gasteiger partial charge is 0.493 e. The van der Waals surface area contributed by atoms with Gasteiger partial charge in [-0.05, 0) is 63.1 Å². The second-order valence-electron chi connectivity index (χ2n) is 8.34. The Hall–Kier alpha value is -2.49. The Kier molecular flexibility index (Phi) is 7.76. The van der Waals surface area contributed by atoms with E-state index in [0.29, 0.717) is 61.8 Å². The van der Waals surface area contributed by atoms with Crippen molar-refractivity contribution < 1.29 is 27.5 Å². The molecule has 1 aliphatic rings. The summed E-state index contributed by atoms with van der Waals surface area (Å²) < 4.78 is 53.4. The van der Waals surface area contributed by atoms with Gasteiger partial charge < -0.3 is 18.9 Å². The SMILES string of the molecule is C=C(C)Oc1ccc(CCC2(CCNOC)c3ccc(C(F)(F)F)n3CCN2C)cc1OC. The van der Waals surface area contributed by atoms with Crippen LogP contribution >= 0.6 is 0 Å². The Bertz CT molecular complexity index is 974. The number of aryl methyl sites for hydroxylation is 1. The lowest BCUT2D eigenvalue weighted by Gasteiger charge is -2.47. The molecule has 0 bridgehead atoms. The second kappa shape index (κ2) is 10.2. The van der Waals surface area contributed by atoms with Crippen LogP contribution in [-0.4, -0.2) is 43.8 Å². The third-order valence-corrected chi connectivity index (χ3v) is 6.26. The van der Waals surface area contributed by atoms with Crippen LogP contribution in [0.25, 0.3) is 0 Å². The van der Waals surface area contributed by atoms with E-state index in [9.17, 15) is 13.2 Å². The van der Waals surface area contributed by atoms with Gasteiger partial charge in [-0.2, -0.15) is 13.2 Å². The van der Waals surface area contributed by atoms with Gasteiger partial charge in [-0.1, -0.05) is 12.6 Å². The number of aromatic nitrogens is 1. The average Bonchev–Trinajstić information content (AvgIpc) is 3.20. The summed E-state index contributed by atoms with van der Waals surface area (Å²) in [5, 5.41) is 0. The van der Waals surface area contributed by atoms with Gasteiger partial charge in [-0.15, -0.1) is 0 Å². The van der Waals surface area contributed by atoms with Gasteiger partial charge in [-0.3, -0.25) is 4.90 Å². The molecule has 0 aliphatic carbocycles. The molecule has 1 aliphatic heterocycles. The number of alkyl halides is 3. The molecule has 3 rings (SSSR count). The number of hydroxylamine groups is 1. The third kappa shape index (κ3) is 5.37. The Morgan fingerprint density at radius 2 is 1.88 bits per heavy atom. The maximum absolute atomic E-state index is 13.6. The van der Waals surface area contributed by atoms with Crippen LogP contribution in [0.1, 0.15) is 36.7 Å². The Morgan fingerprint density at radius 1 is 1.12 bits per heavy atom. The summed E-state index contributed by atoms with van der Waals surface area (Å²) in [6.45, 7) is 6.84. The number of halogens is 3. The van der Waals surface area contributed by atoms with Crippen LogP contribution in [0.4, 0.5) is 13.2 Å². The van der Waals surface area contributed by atoms with Crippen molar-refractivity contribution in [2.24, 2.45) is 0 Å². The van der Waals surface area contributed by atoms with E-state index in [0.717, 1.165) is 5.56 Å². The highest BCUT2D eigenvalue weighted by Gasteiger charge is 2.45. The van der Waals surface area contributed by atoms with Crippen molar-refractivity contribution in [1.82, 2.24) is 14.9 Å². The van der Waals surface area contributed by atoms with Gasteiger partial charge in [0.2, 0.25) is 0 Å². The molecule has 9 heteroatoms. The number of nitrogens with zero attached hydrogens (tertiary/aromatic N) is 2. The number of likely N-dealkylation sites (N-methyl/N-ethyl adjacent to an activating group) is 1. The molecule has 2 aromatic rings. The molecule has 33 heavy (non-hydrogen) atoms. The highest BCUT2D eigenvalue weighted by atomic mass is 19.4. The minimum absolute atomic E-state index is 0.300. The molecule has 0 amide bonds. The smallest absolute Gasteiger partial charge is 0.431 e. The van der Waals surface area contributed by atoms with Crippen LogP contribution in [0.5, 0.6) is 11.5 Å². The summed E-state index contributed by atoms with van der Waals surface area (Å²) in [6.07, 6.45) is -2.53. The highest BCUT2D eigenvalue weighted by molar-refractivity contribution is 5.44. The van der Waals surface area contributed by atoms with Crippen molar-refractivity contribution in [3.63, 3.8) is 0 Å². The van der Waals surface area contributed by atoms with Gasteiger partial charge in [0.25, 0.3) is 0 Å². The molecule has 1 aromatic carbocycles. The van der Waals surface area contributed by atoms with E-state index in [1.807, 2.05) is 25.2 Å². The Morgan fingerprint density at radius 3 is 2.52 bits per heavy atom. The summed E-state index contributed by atoms with van der Waals surface area (Å²) in [5.41, 5.74) is 3.34. The summed E-state index contributed by atoms with van der Waals surface area (Å²) in [6, 6.07) is 8.50. The maximum atomic E-state index is 13.6. The first kappa shape index (κ1) is 25.1. The number of ether oxygens (including phenoxy) is 2. The van der Waals surface area contributed by atoms with Crippen LogP contribution in [0.15, 0.2) is 42.7 Å². The predicted octanol–water partition coefficient (Wildman–Crippen LogP) is 4.74. The fraction of sp³-hybridized carbons (Fsp3) is 0.500. The van der Waals surface area contributed by atoms with Crippen molar-refractivity contribution in [2.45, 2.75) is 44.4 Å². The first-order valence-corrected chi connectivity index (χ1v) is 10.9. The zero-order valence-electron chi connectivity index (χ0n) is 19.6. The van der Waals surface area contributed by atoms with E-state index in [1.165, 1.54) is 17.7 Å². The standard InChI is InChI=1S/C24H32F3N3O3/c1-17(2)33-19-7-6-18(16-20(19)31-4)10-11-23(12-13-28-32-5)21-8-9-22(24(25,26)27)30(21)15-14-29(23)3/h6-9,16,28H,1,10-15H2,2-5H3. The van der Waals surface area contributed by atoms with E-state index in [-0.39, 0.29) is 0 Å². The van der Waals surface area contributed by atoms with E-state index in [4.69, 9.17) is 14.3 Å². The number of fused-ring (bicyclic) bond motifs is 1. The number of allylic oxidation sites excluding steroid dienone is 1. The third-order valence-electron chi connectivity index (χ3n) is 6.26. The molecule has 1 aromatic heterocycles. The lowest BCUT2D eigenvalue weighted by molar-refractivity contribution is -0.144. The Labute approximate surface area is 192 Å². The lowest BCUT2D eigenvalue weighted by Crippen LogP contribution is -2.52. The molecule has 1 atom stereocenters. The number of rotatable bonds is 10. The molecule has 1 unspecified atom stereocenters. The van der Waals surface area contributed by atoms with Crippen molar-refractivity contribution in [3.8, 4) is 11.5 Å². The normalized spacial score (nSPS) is 18.8. The van der Waals surface area contributed by atoms with Crippen molar-refractivity contribution in [3.05, 3.63) is 59.6 Å². The van der Waals surface area contributed by atoms with Gasteiger partial charge >= 0.3 is 6.18 Å². The van der Waals surface area contributed by atoms with E-state index >= 15 is 0 Å². The van der Waals surface area contributed by atoms with Crippen LogP contribution in [0.2, 0.25) is 0 Å². The molecule has 0 radical (unpaired) electrons. The number of benzene rings is 1. The van der Waals surface area contributed by atoms with Gasteiger partial charge in [0.05, 0.1) is 25.5 Å². The minimum atomic E-state index is -4.39. The fourth-order valence-corrected chi connectivity index (χ4v) is 4.64. The average molecular weight is 468 g/mol. The second-order valence-corrected chi connectivity index (χ2v) is 8.34. The first-order chi connectivity index (χ1) is 15.6. The molecule has 1 N–H and O–H groups in total. The molecule has 0 fully saturated rings. The van der Waals surface area contributed by atoms with Gasteiger partial charge in [0.1, 0.15) is 5.69 Å². The summed E-state index contributed by atoms with van der Waals surface area (Å²) in [5.74, 6) is 1.72. The zero-order chi connectivity index (χ0) is 24.2. The number of hydrogen-bond acceptors (Lipinski definition) is 5. The first-order valence-electron chi connectivity index (χ1n) is 10.9.